The summed E-state index contributed by atoms with van der Waals surface area (Å²) in [6.07, 6.45) is -4.31. The van der Waals surface area contributed by atoms with Crippen molar-refractivity contribution in [2.45, 2.75) is 12.6 Å². The maximum atomic E-state index is 13.7. The van der Waals surface area contributed by atoms with Crippen LogP contribution in [0.3, 0.4) is 0 Å². The second kappa shape index (κ2) is 9.81. The number of hydrogen-bond acceptors (Lipinski definition) is 3. The first-order valence-corrected chi connectivity index (χ1v) is 13.2. The Balaban J connectivity index is 1.70. The van der Waals surface area contributed by atoms with Crippen LogP contribution >= 0.6 is 11.3 Å². The van der Waals surface area contributed by atoms with Gasteiger partial charge in [0.1, 0.15) is 4.83 Å². The monoisotopic (exact) mass is 555 g/mol. The Bertz CT molecular complexity index is 1970. The van der Waals surface area contributed by atoms with Crippen molar-refractivity contribution in [3.63, 3.8) is 0 Å². The van der Waals surface area contributed by atoms with Gasteiger partial charge in [-0.25, -0.2) is 4.79 Å². The molecule has 0 saturated heterocycles. The molecule has 2 heterocycles. The van der Waals surface area contributed by atoms with Crippen LogP contribution in [0, 0.1) is 0 Å². The first-order chi connectivity index (χ1) is 19.2. The molecule has 0 aliphatic heterocycles. The number of halogens is 3. The molecular formula is C32H20F3NO3S. The lowest BCUT2D eigenvalue weighted by Gasteiger charge is -2.15. The summed E-state index contributed by atoms with van der Waals surface area (Å²) >= 11 is 1.08. The highest BCUT2D eigenvalue weighted by atomic mass is 32.1. The number of carboxylic acid groups (broad SMARTS) is 1. The average molecular weight is 556 g/mol. The molecule has 4 aromatic carbocycles. The molecule has 8 heteroatoms. The van der Waals surface area contributed by atoms with Crippen molar-refractivity contribution in [1.82, 2.24) is 4.40 Å². The van der Waals surface area contributed by atoms with E-state index in [4.69, 9.17) is 0 Å². The fourth-order valence-electron chi connectivity index (χ4n) is 5.12. The van der Waals surface area contributed by atoms with E-state index in [1.165, 1.54) is 12.1 Å². The highest BCUT2D eigenvalue weighted by Crippen LogP contribution is 2.41. The number of aromatic carboxylic acids is 1. The van der Waals surface area contributed by atoms with Crippen LogP contribution in [0.2, 0.25) is 0 Å². The van der Waals surface area contributed by atoms with Gasteiger partial charge in [-0.05, 0) is 51.6 Å². The van der Waals surface area contributed by atoms with Gasteiger partial charge in [0.2, 0.25) is 0 Å². The van der Waals surface area contributed by atoms with Gasteiger partial charge in [-0.2, -0.15) is 13.2 Å². The first kappa shape index (κ1) is 25.6. The Morgan fingerprint density at radius 2 is 1.48 bits per heavy atom. The average Bonchev–Trinajstić information content (AvgIpc) is 3.35. The van der Waals surface area contributed by atoms with Crippen molar-refractivity contribution in [3.05, 3.63) is 136 Å². The Morgan fingerprint density at radius 1 is 0.800 bits per heavy atom. The van der Waals surface area contributed by atoms with Crippen LogP contribution < -0.4 is 5.56 Å². The van der Waals surface area contributed by atoms with E-state index in [9.17, 15) is 27.9 Å². The predicted octanol–water partition coefficient (Wildman–Crippen LogP) is 8.16. The van der Waals surface area contributed by atoms with Gasteiger partial charge in [0.15, 0.2) is 5.69 Å². The molecule has 0 atom stereocenters. The van der Waals surface area contributed by atoms with E-state index < -0.39 is 23.3 Å². The molecule has 40 heavy (non-hydrogen) atoms. The number of rotatable bonds is 5. The predicted molar refractivity (Wildman–Crippen MR) is 151 cm³/mol. The summed E-state index contributed by atoms with van der Waals surface area (Å²) in [5.74, 6) is -1.30. The molecule has 0 spiro atoms. The van der Waals surface area contributed by atoms with E-state index in [0.717, 1.165) is 44.2 Å². The van der Waals surface area contributed by atoms with Crippen LogP contribution in [0.25, 0.3) is 37.2 Å². The van der Waals surface area contributed by atoms with E-state index in [0.29, 0.717) is 21.6 Å². The summed E-state index contributed by atoms with van der Waals surface area (Å²) < 4.78 is 42.4. The summed E-state index contributed by atoms with van der Waals surface area (Å²) in [6.45, 7) is 0. The first-order valence-electron chi connectivity index (χ1n) is 12.4. The lowest BCUT2D eigenvalue weighted by atomic mass is 9.93. The molecule has 198 valence electrons. The van der Waals surface area contributed by atoms with Crippen molar-refractivity contribution in [1.29, 1.82) is 0 Å². The minimum atomic E-state index is -4.58. The Kier molecular flexibility index (Phi) is 6.27. The second-order valence-corrected chi connectivity index (χ2v) is 10.4. The number of fused-ring (bicyclic) bond motifs is 2. The third kappa shape index (κ3) is 4.46. The number of hydrogen-bond donors (Lipinski definition) is 1. The van der Waals surface area contributed by atoms with E-state index in [1.54, 1.807) is 36.4 Å². The standard InChI is InChI=1S/C32H20F3NO3S/c33-32(34,35)24-14-7-13-22(17-24)27-23(16-21-12-6-11-19-8-4-5-15-25(19)21)18-26(37)36-28(31(38)39)29(40-30(27)36)20-9-2-1-3-10-20/h1-15,17-18H,16H2,(H,38,39). The van der Waals surface area contributed by atoms with Crippen LogP contribution in [0.4, 0.5) is 13.2 Å². The largest absolute Gasteiger partial charge is 0.477 e. The van der Waals surface area contributed by atoms with Gasteiger partial charge in [-0.15, -0.1) is 11.3 Å². The van der Waals surface area contributed by atoms with Gasteiger partial charge in [0.05, 0.1) is 10.4 Å². The molecule has 2 aromatic heterocycles. The lowest BCUT2D eigenvalue weighted by molar-refractivity contribution is -0.137. The number of benzene rings is 4. The molecule has 4 nitrogen and oxygen atoms in total. The molecule has 0 unspecified atom stereocenters. The SMILES string of the molecule is O=C(O)c1c(-c2ccccc2)sc2c(-c3cccc(C(F)(F)F)c3)c(Cc3cccc4ccccc34)cc(=O)n12. The van der Waals surface area contributed by atoms with E-state index in [-0.39, 0.29) is 22.5 Å². The molecule has 0 amide bonds. The number of aromatic nitrogens is 1. The molecule has 6 rings (SSSR count). The van der Waals surface area contributed by atoms with Crippen molar-refractivity contribution in [3.8, 4) is 21.6 Å². The number of pyridine rings is 1. The number of alkyl halides is 3. The molecule has 6 aromatic rings. The highest BCUT2D eigenvalue weighted by molar-refractivity contribution is 7.21. The second-order valence-electron chi connectivity index (χ2n) is 9.37. The van der Waals surface area contributed by atoms with Crippen LogP contribution in [-0.2, 0) is 12.6 Å². The molecule has 0 fully saturated rings. The Hall–Kier alpha value is -4.69. The minimum absolute atomic E-state index is 0.221. The van der Waals surface area contributed by atoms with E-state index >= 15 is 0 Å². The van der Waals surface area contributed by atoms with Crippen molar-refractivity contribution in [2.75, 3.05) is 0 Å². The molecular weight excluding hydrogens is 535 g/mol. The van der Waals surface area contributed by atoms with Crippen molar-refractivity contribution >= 4 is 32.9 Å². The lowest BCUT2D eigenvalue weighted by Crippen LogP contribution is -2.19. The van der Waals surface area contributed by atoms with Gasteiger partial charge in [0.25, 0.3) is 5.56 Å². The highest BCUT2D eigenvalue weighted by Gasteiger charge is 2.31. The maximum Gasteiger partial charge on any atom is 0.416 e. The molecule has 0 aliphatic carbocycles. The summed E-state index contributed by atoms with van der Waals surface area (Å²) in [4.78, 5) is 26.7. The van der Waals surface area contributed by atoms with Gasteiger partial charge in [-0.1, -0.05) is 84.9 Å². The zero-order valence-corrected chi connectivity index (χ0v) is 21.6. The summed E-state index contributed by atoms with van der Waals surface area (Å²) in [5, 5.41) is 12.1. The van der Waals surface area contributed by atoms with E-state index in [2.05, 4.69) is 0 Å². The minimum Gasteiger partial charge on any atom is -0.477 e. The molecule has 0 bridgehead atoms. The smallest absolute Gasteiger partial charge is 0.416 e. The third-order valence-electron chi connectivity index (χ3n) is 6.87. The Morgan fingerprint density at radius 3 is 2.23 bits per heavy atom. The molecule has 0 saturated carbocycles. The Labute approximate surface area is 230 Å². The summed E-state index contributed by atoms with van der Waals surface area (Å²) in [6, 6.07) is 28.6. The van der Waals surface area contributed by atoms with Crippen molar-refractivity contribution in [2.24, 2.45) is 0 Å². The van der Waals surface area contributed by atoms with Crippen molar-refractivity contribution < 1.29 is 23.1 Å². The fraction of sp³-hybridized carbons (Fsp3) is 0.0625. The number of thiazole rings is 1. The summed E-state index contributed by atoms with van der Waals surface area (Å²) in [5.41, 5.74) is 1.04. The van der Waals surface area contributed by atoms with Gasteiger partial charge in [-0.3, -0.25) is 9.20 Å². The number of carboxylic acids is 1. The van der Waals surface area contributed by atoms with Gasteiger partial charge >= 0.3 is 12.1 Å². The maximum absolute atomic E-state index is 13.7. The number of carbonyl (C=O) groups is 1. The topological polar surface area (TPSA) is 58.8 Å². The quantitative estimate of drug-likeness (QED) is 0.234. The fourth-order valence-corrected chi connectivity index (χ4v) is 6.47. The molecule has 0 aliphatic rings. The van der Waals surface area contributed by atoms with Gasteiger partial charge in [0, 0.05) is 11.6 Å². The van der Waals surface area contributed by atoms with Crippen LogP contribution in [0.15, 0.2) is 108 Å². The zero-order valence-electron chi connectivity index (χ0n) is 20.8. The van der Waals surface area contributed by atoms with Crippen LogP contribution in [0.1, 0.15) is 27.2 Å². The van der Waals surface area contributed by atoms with Gasteiger partial charge < -0.3 is 5.11 Å². The number of nitrogens with zero attached hydrogens (tertiary/aromatic N) is 1. The third-order valence-corrected chi connectivity index (χ3v) is 8.08. The van der Waals surface area contributed by atoms with Crippen LogP contribution in [0.5, 0.6) is 0 Å². The summed E-state index contributed by atoms with van der Waals surface area (Å²) in [7, 11) is 0. The normalized spacial score (nSPS) is 11.8. The zero-order chi connectivity index (χ0) is 28.0. The molecule has 1 N–H and O–H groups in total. The van der Waals surface area contributed by atoms with E-state index in [1.807, 2.05) is 42.5 Å². The molecule has 0 radical (unpaired) electrons. The van der Waals surface area contributed by atoms with Crippen LogP contribution in [-0.4, -0.2) is 15.5 Å².